The van der Waals surface area contributed by atoms with Crippen molar-refractivity contribution in [2.24, 2.45) is 5.92 Å². The smallest absolute Gasteiger partial charge is 0.214 e. The minimum absolute atomic E-state index is 0.0388. The Kier molecular flexibility index (Phi) is 9.93. The molecule has 0 unspecified atom stereocenters. The largest absolute Gasteiger partial charge is 0.487 e. The summed E-state index contributed by atoms with van der Waals surface area (Å²) in [7, 11) is -2.20. The molecule has 0 aliphatic carbocycles. The van der Waals surface area contributed by atoms with E-state index in [9.17, 15) is 12.8 Å². The van der Waals surface area contributed by atoms with E-state index in [0.29, 0.717) is 63.4 Å². The van der Waals surface area contributed by atoms with E-state index in [1.165, 1.54) is 29.8 Å². The molecule has 5 aromatic rings. The predicted molar refractivity (Wildman–Crippen MR) is 169 cm³/mol. The fourth-order valence-electron chi connectivity index (χ4n) is 4.22. The van der Waals surface area contributed by atoms with Crippen molar-refractivity contribution in [1.29, 1.82) is 0 Å². The monoisotopic (exact) mass is 638 g/mol. The molecule has 0 radical (unpaired) electrons. The van der Waals surface area contributed by atoms with Crippen molar-refractivity contribution in [3.8, 4) is 17.1 Å². The van der Waals surface area contributed by atoms with Crippen molar-refractivity contribution in [3.05, 3.63) is 87.8 Å². The summed E-state index contributed by atoms with van der Waals surface area (Å²) in [6.45, 7) is 4.84. The average molecular weight is 639 g/mol. The summed E-state index contributed by atoms with van der Waals surface area (Å²) in [6, 6.07) is 13.4. The number of nitrogens with one attached hydrogen (secondary N) is 2. The third kappa shape index (κ3) is 7.90. The van der Waals surface area contributed by atoms with Gasteiger partial charge in [-0.25, -0.2) is 19.3 Å². The van der Waals surface area contributed by atoms with Gasteiger partial charge in [-0.05, 0) is 47.9 Å². The number of aromatic nitrogens is 4. The number of hydrogen-bond donors (Lipinski definition) is 2. The van der Waals surface area contributed by atoms with Gasteiger partial charge in [0.25, 0.3) is 0 Å². The van der Waals surface area contributed by atoms with Crippen LogP contribution in [0.15, 0.2) is 66.4 Å². The Morgan fingerprint density at radius 1 is 1.09 bits per heavy atom. The van der Waals surface area contributed by atoms with E-state index < -0.39 is 10.3 Å². The first-order valence-electron chi connectivity index (χ1n) is 13.4. The summed E-state index contributed by atoms with van der Waals surface area (Å²) < 4.78 is 42.0. The summed E-state index contributed by atoms with van der Waals surface area (Å²) in [6.07, 6.45) is 3.80. The van der Waals surface area contributed by atoms with Crippen molar-refractivity contribution < 1.29 is 17.5 Å². The van der Waals surface area contributed by atoms with Crippen molar-refractivity contribution in [3.63, 3.8) is 0 Å². The minimum atomic E-state index is -2.20. The zero-order chi connectivity index (χ0) is 30.3. The van der Waals surface area contributed by atoms with Gasteiger partial charge >= 0.3 is 0 Å². The van der Waals surface area contributed by atoms with E-state index in [4.69, 9.17) is 21.3 Å². The Morgan fingerprint density at radius 3 is 2.72 bits per heavy atom. The number of thiazole rings is 1. The second-order valence-electron chi connectivity index (χ2n) is 9.91. The minimum Gasteiger partial charge on any atom is -0.487 e. The predicted octanol–water partition coefficient (Wildman–Crippen LogP) is 6.10. The molecule has 13 heteroatoms. The molecule has 0 saturated carbocycles. The molecular formula is C30H28ClFN6O3S2. The van der Waals surface area contributed by atoms with Gasteiger partial charge in [0, 0.05) is 36.0 Å². The van der Waals surface area contributed by atoms with E-state index in [1.54, 1.807) is 30.5 Å². The maximum Gasteiger partial charge on any atom is 0.214 e. The van der Waals surface area contributed by atoms with Crippen LogP contribution in [0, 0.1) is 11.7 Å². The summed E-state index contributed by atoms with van der Waals surface area (Å²) in [5.41, 5.74) is 3.47. The number of fused-ring (bicyclic) bond motifs is 1. The van der Waals surface area contributed by atoms with Crippen LogP contribution in [0.4, 0.5) is 15.9 Å². The lowest BCUT2D eigenvalue weighted by atomic mass is 10.1. The number of ether oxygens (including phenoxy) is 1. The number of rotatable bonds is 12. The fraction of sp³-hybridized carbons (Fsp3) is 0.233. The van der Waals surface area contributed by atoms with E-state index in [0.717, 1.165) is 16.1 Å². The number of pyridine rings is 1. The molecule has 0 saturated heterocycles. The van der Waals surface area contributed by atoms with Crippen LogP contribution in [0.2, 0.25) is 5.02 Å². The van der Waals surface area contributed by atoms with Gasteiger partial charge in [0.1, 0.15) is 30.3 Å². The molecule has 3 heterocycles. The van der Waals surface area contributed by atoms with Crippen LogP contribution in [0.25, 0.3) is 22.3 Å². The molecule has 0 amide bonds. The third-order valence-corrected chi connectivity index (χ3v) is 8.73. The summed E-state index contributed by atoms with van der Waals surface area (Å²) >= 11 is 8.01. The number of nitrogens with zero attached hydrogens (tertiary/aromatic N) is 4. The molecular weight excluding hydrogens is 611 g/mol. The Hall–Kier alpha value is -3.97. The molecule has 2 N–H and O–H groups in total. The van der Waals surface area contributed by atoms with Gasteiger partial charge in [0.2, 0.25) is 10.3 Å². The van der Waals surface area contributed by atoms with Crippen LogP contribution < -0.4 is 15.4 Å². The molecule has 0 bridgehead atoms. The van der Waals surface area contributed by atoms with E-state index in [2.05, 4.69) is 25.6 Å². The van der Waals surface area contributed by atoms with Gasteiger partial charge in [0.05, 0.1) is 38.0 Å². The first kappa shape index (κ1) is 30.5. The van der Waals surface area contributed by atoms with Gasteiger partial charge in [0.15, 0.2) is 0 Å². The zero-order valence-electron chi connectivity index (χ0n) is 23.3. The van der Waals surface area contributed by atoms with Crippen LogP contribution in [-0.4, -0.2) is 46.3 Å². The van der Waals surface area contributed by atoms with Crippen molar-refractivity contribution in [2.45, 2.75) is 26.9 Å². The van der Waals surface area contributed by atoms with E-state index in [1.807, 2.05) is 31.4 Å². The molecule has 9 nitrogen and oxygen atoms in total. The highest BCUT2D eigenvalue weighted by molar-refractivity contribution is 7.73. The topological polar surface area (TPSA) is 119 Å². The average Bonchev–Trinajstić information content (AvgIpc) is 3.45. The molecule has 0 aliphatic heterocycles. The first-order valence-corrected chi connectivity index (χ1v) is 15.7. The van der Waals surface area contributed by atoms with Crippen LogP contribution in [0.5, 0.6) is 5.75 Å². The standard InChI is InChI=1S/C30H28ClFN6O3S2/c1-18(2)28(43(39)40)14-33-9-8-29-38-26(16-42-29)24-12-22-25(13-34-24)35-17-36-30(22)37-21-6-7-27(23(31)11-21)41-15-19-4-3-5-20(32)10-19/h3-7,10-13,16-18,33H,8-9,14-15H2,1-2H3,(H,35,36,37). The van der Waals surface area contributed by atoms with Crippen LogP contribution in [-0.2, 0) is 23.3 Å². The van der Waals surface area contributed by atoms with Crippen molar-refractivity contribution >= 4 is 60.5 Å². The molecule has 0 aliphatic rings. The maximum atomic E-state index is 13.5. The second-order valence-corrected chi connectivity index (χ2v) is 12.3. The Bertz CT molecular complexity index is 1890. The first-order chi connectivity index (χ1) is 20.8. The summed E-state index contributed by atoms with van der Waals surface area (Å²) in [5, 5.41) is 10.5. The highest BCUT2D eigenvalue weighted by Crippen LogP contribution is 2.32. The molecule has 5 rings (SSSR count). The Morgan fingerprint density at radius 2 is 1.95 bits per heavy atom. The van der Waals surface area contributed by atoms with Crippen molar-refractivity contribution in [1.82, 2.24) is 25.3 Å². The maximum absolute atomic E-state index is 13.5. The number of anilines is 2. The van der Waals surface area contributed by atoms with Gasteiger partial charge < -0.3 is 15.4 Å². The fourth-order valence-corrected chi connectivity index (χ4v) is 5.86. The normalized spacial score (nSPS) is 11.2. The SMILES string of the molecule is CC(C)C(CNCCc1nc(-c2cc3c(Nc4ccc(OCc5cccc(F)c5)c(Cl)c4)ncnc3cn2)cs1)=S(=O)=O. The number of benzene rings is 2. The van der Waals surface area contributed by atoms with Crippen LogP contribution >= 0.6 is 22.9 Å². The van der Waals surface area contributed by atoms with Gasteiger partial charge in [-0.3, -0.25) is 4.98 Å². The lowest BCUT2D eigenvalue weighted by Crippen LogP contribution is -2.28. The summed E-state index contributed by atoms with van der Waals surface area (Å²) in [5.74, 6) is 0.690. The Labute approximate surface area is 258 Å². The summed E-state index contributed by atoms with van der Waals surface area (Å²) in [4.78, 5) is 18.5. The molecule has 222 valence electrons. The van der Waals surface area contributed by atoms with E-state index >= 15 is 0 Å². The van der Waals surface area contributed by atoms with Crippen molar-refractivity contribution in [2.75, 3.05) is 18.4 Å². The lowest BCUT2D eigenvalue weighted by Gasteiger charge is -2.12. The second kappa shape index (κ2) is 14.0. The highest BCUT2D eigenvalue weighted by Gasteiger charge is 2.13. The Balaban J connectivity index is 1.26. The molecule has 43 heavy (non-hydrogen) atoms. The van der Waals surface area contributed by atoms with Crippen LogP contribution in [0.1, 0.15) is 24.4 Å². The zero-order valence-corrected chi connectivity index (χ0v) is 25.7. The number of halogens is 2. The molecule has 3 aromatic heterocycles. The van der Waals surface area contributed by atoms with Gasteiger partial charge in [-0.15, -0.1) is 11.3 Å². The molecule has 2 aromatic carbocycles. The third-order valence-electron chi connectivity index (χ3n) is 6.49. The quantitative estimate of drug-likeness (QED) is 0.123. The number of hydrogen-bond acceptors (Lipinski definition) is 10. The highest BCUT2D eigenvalue weighted by atomic mass is 35.5. The molecule has 0 atom stereocenters. The van der Waals surface area contributed by atoms with E-state index in [-0.39, 0.29) is 18.3 Å². The molecule has 0 spiro atoms. The van der Waals surface area contributed by atoms with Gasteiger partial charge in [-0.2, -0.15) is 8.42 Å². The van der Waals surface area contributed by atoms with Gasteiger partial charge in [-0.1, -0.05) is 37.6 Å². The van der Waals surface area contributed by atoms with Crippen LogP contribution in [0.3, 0.4) is 0 Å². The lowest BCUT2D eigenvalue weighted by molar-refractivity contribution is 0.306. The molecule has 0 fully saturated rings.